The molecule has 2 heteroatoms. The van der Waals surface area contributed by atoms with E-state index < -0.39 is 0 Å². The average molecular weight is 522 g/mol. The minimum absolute atomic E-state index is 0.911. The van der Waals surface area contributed by atoms with Crippen molar-refractivity contribution in [1.29, 1.82) is 0 Å². The molecule has 0 N–H and O–H groups in total. The molecule has 0 spiro atoms. The van der Waals surface area contributed by atoms with Gasteiger partial charge in [-0.3, -0.25) is 4.98 Å². The molecule has 6 aromatic carbocycles. The second-order valence-corrected chi connectivity index (χ2v) is 10.7. The van der Waals surface area contributed by atoms with Crippen LogP contribution in [0.25, 0.3) is 88.5 Å². The Morgan fingerprint density at radius 1 is 0.366 bits per heavy atom. The van der Waals surface area contributed by atoms with E-state index in [9.17, 15) is 0 Å². The summed E-state index contributed by atoms with van der Waals surface area (Å²) in [5, 5.41) is 3.45. The molecule has 0 unspecified atom stereocenters. The summed E-state index contributed by atoms with van der Waals surface area (Å²) in [6.07, 6.45) is 1.87. The topological polar surface area (TPSA) is 26.0 Å². The fourth-order valence-electron chi connectivity index (χ4n) is 6.79. The van der Waals surface area contributed by atoms with Crippen molar-refractivity contribution in [3.63, 3.8) is 0 Å². The quantitative estimate of drug-likeness (QED) is 0.215. The van der Waals surface area contributed by atoms with E-state index in [2.05, 4.69) is 121 Å². The number of rotatable bonds is 1. The van der Waals surface area contributed by atoms with Crippen LogP contribution in [0.3, 0.4) is 0 Å². The third-order valence-electron chi connectivity index (χ3n) is 8.52. The van der Waals surface area contributed by atoms with E-state index in [4.69, 9.17) is 9.40 Å². The van der Waals surface area contributed by atoms with Gasteiger partial charge in [0.15, 0.2) is 0 Å². The second-order valence-electron chi connectivity index (χ2n) is 10.7. The molecule has 1 aliphatic carbocycles. The Kier molecular flexibility index (Phi) is 4.64. The minimum Gasteiger partial charge on any atom is -0.455 e. The van der Waals surface area contributed by atoms with Crippen LogP contribution in [0.15, 0.2) is 144 Å². The first-order valence-corrected chi connectivity index (χ1v) is 14.0. The Morgan fingerprint density at radius 3 is 1.76 bits per heavy atom. The number of aromatic nitrogens is 1. The average Bonchev–Trinajstić information content (AvgIpc) is 3.42. The van der Waals surface area contributed by atoms with Gasteiger partial charge in [0, 0.05) is 27.9 Å². The fraction of sp³-hybridized carbons (Fsp3) is 0. The van der Waals surface area contributed by atoms with E-state index in [0.29, 0.717) is 0 Å². The number of fused-ring (bicyclic) bond motifs is 13. The Bertz CT molecular complexity index is 2320. The lowest BCUT2D eigenvalue weighted by Gasteiger charge is -2.26. The maximum absolute atomic E-state index is 6.54. The minimum atomic E-state index is 0.911. The molecule has 0 saturated heterocycles. The van der Waals surface area contributed by atoms with Crippen LogP contribution >= 0.6 is 0 Å². The van der Waals surface area contributed by atoms with Crippen molar-refractivity contribution in [3.05, 3.63) is 140 Å². The molecule has 9 rings (SSSR count). The number of nitrogens with zero attached hydrogens (tertiary/aromatic N) is 1. The van der Waals surface area contributed by atoms with Gasteiger partial charge < -0.3 is 4.42 Å². The lowest BCUT2D eigenvalue weighted by molar-refractivity contribution is 0.670. The van der Waals surface area contributed by atoms with Gasteiger partial charge in [0.25, 0.3) is 0 Å². The Labute approximate surface area is 237 Å². The van der Waals surface area contributed by atoms with Gasteiger partial charge in [0.05, 0.1) is 5.52 Å². The molecule has 0 amide bonds. The summed E-state index contributed by atoms with van der Waals surface area (Å²) in [5.41, 5.74) is 14.9. The van der Waals surface area contributed by atoms with E-state index in [0.717, 1.165) is 33.0 Å². The van der Waals surface area contributed by atoms with Gasteiger partial charge in [-0.15, -0.1) is 0 Å². The van der Waals surface area contributed by atoms with Gasteiger partial charge in [-0.2, -0.15) is 0 Å². The molecule has 8 aromatic rings. The third kappa shape index (κ3) is 3.16. The predicted octanol–water partition coefficient (Wildman–Crippen LogP) is 10.8. The van der Waals surface area contributed by atoms with Crippen LogP contribution in [0.1, 0.15) is 0 Å². The molecule has 190 valence electrons. The summed E-state index contributed by atoms with van der Waals surface area (Å²) in [4.78, 5) is 4.71. The van der Waals surface area contributed by atoms with E-state index in [1.54, 1.807) is 0 Å². The zero-order valence-corrected chi connectivity index (χ0v) is 22.1. The maximum Gasteiger partial charge on any atom is 0.143 e. The first-order valence-electron chi connectivity index (χ1n) is 14.0. The van der Waals surface area contributed by atoms with Crippen LogP contribution in [0.2, 0.25) is 0 Å². The molecule has 0 aliphatic heterocycles. The highest BCUT2D eigenvalue weighted by Gasteiger charge is 2.26. The Morgan fingerprint density at radius 2 is 0.927 bits per heavy atom. The highest BCUT2D eigenvalue weighted by molar-refractivity contribution is 6.15. The molecule has 2 aromatic heterocycles. The summed E-state index contributed by atoms with van der Waals surface area (Å²) in [7, 11) is 0. The molecule has 41 heavy (non-hydrogen) atoms. The largest absolute Gasteiger partial charge is 0.455 e. The van der Waals surface area contributed by atoms with Gasteiger partial charge in [-0.25, -0.2) is 0 Å². The smallest absolute Gasteiger partial charge is 0.143 e. The summed E-state index contributed by atoms with van der Waals surface area (Å²) in [6, 6.07) is 47.7. The second kappa shape index (κ2) is 8.51. The SMILES string of the molecule is c1ccc2c(c1)-c1ccc3ncccc3c1-c1ccccc1-c1cccc(-c3cccc4c3oc3ccccc34)c1-2. The number of benzene rings is 6. The number of hydrogen-bond acceptors (Lipinski definition) is 2. The first kappa shape index (κ1) is 22.4. The number of furan rings is 1. The highest BCUT2D eigenvalue weighted by atomic mass is 16.3. The van der Waals surface area contributed by atoms with Crippen molar-refractivity contribution in [2.45, 2.75) is 0 Å². The molecule has 2 heterocycles. The molecule has 2 nitrogen and oxygen atoms in total. The van der Waals surface area contributed by atoms with Crippen molar-refractivity contribution in [3.8, 4) is 55.6 Å². The molecular formula is C39H23NO. The molecule has 0 fully saturated rings. The summed E-state index contributed by atoms with van der Waals surface area (Å²) in [6.45, 7) is 0. The van der Waals surface area contributed by atoms with Gasteiger partial charge >= 0.3 is 0 Å². The Hall–Kier alpha value is -5.47. The van der Waals surface area contributed by atoms with Gasteiger partial charge in [0.1, 0.15) is 11.2 Å². The molecule has 0 bridgehead atoms. The summed E-state index contributed by atoms with van der Waals surface area (Å²) < 4.78 is 6.54. The van der Waals surface area contributed by atoms with Crippen molar-refractivity contribution in [2.24, 2.45) is 0 Å². The normalized spacial score (nSPS) is 11.9. The standard InChI is InChI=1S/C39H23NO/c1-4-14-28-24(10-1)29-15-7-16-30(33-18-8-17-32-26-12-5-6-20-36(26)41-39(32)33)37(29)27-13-3-2-11-25(27)31-21-22-35-34(38(28)31)19-9-23-40-35/h1-23H. The van der Waals surface area contributed by atoms with Crippen LogP contribution in [-0.2, 0) is 0 Å². The Balaban J connectivity index is 1.45. The number of pyridine rings is 1. The zero-order chi connectivity index (χ0) is 26.9. The monoisotopic (exact) mass is 521 g/mol. The van der Waals surface area contributed by atoms with Crippen LogP contribution in [0, 0.1) is 0 Å². The number of hydrogen-bond donors (Lipinski definition) is 0. The molecule has 0 atom stereocenters. The summed E-state index contributed by atoms with van der Waals surface area (Å²) in [5.74, 6) is 0. The maximum atomic E-state index is 6.54. The van der Waals surface area contributed by atoms with Crippen molar-refractivity contribution >= 4 is 32.8 Å². The van der Waals surface area contributed by atoms with Crippen molar-refractivity contribution < 1.29 is 4.42 Å². The highest BCUT2D eigenvalue weighted by Crippen LogP contribution is 2.52. The van der Waals surface area contributed by atoms with Gasteiger partial charge in [-0.05, 0) is 68.3 Å². The molecular weight excluding hydrogens is 498 g/mol. The van der Waals surface area contributed by atoms with Gasteiger partial charge in [-0.1, -0.05) is 115 Å². The number of para-hydroxylation sites is 2. The fourth-order valence-corrected chi connectivity index (χ4v) is 6.79. The van der Waals surface area contributed by atoms with Crippen LogP contribution in [-0.4, -0.2) is 4.98 Å². The van der Waals surface area contributed by atoms with E-state index in [1.807, 2.05) is 18.3 Å². The van der Waals surface area contributed by atoms with Crippen LogP contribution in [0.5, 0.6) is 0 Å². The first-order chi connectivity index (χ1) is 20.4. The lowest BCUT2D eigenvalue weighted by Crippen LogP contribution is -1.99. The van der Waals surface area contributed by atoms with Gasteiger partial charge in [0.2, 0.25) is 0 Å². The molecule has 0 radical (unpaired) electrons. The van der Waals surface area contributed by atoms with Crippen molar-refractivity contribution in [2.75, 3.05) is 0 Å². The third-order valence-corrected chi connectivity index (χ3v) is 8.52. The van der Waals surface area contributed by atoms with E-state index in [-0.39, 0.29) is 0 Å². The summed E-state index contributed by atoms with van der Waals surface area (Å²) >= 11 is 0. The van der Waals surface area contributed by atoms with Crippen LogP contribution < -0.4 is 0 Å². The van der Waals surface area contributed by atoms with E-state index >= 15 is 0 Å². The van der Waals surface area contributed by atoms with Crippen LogP contribution in [0.4, 0.5) is 0 Å². The molecule has 1 aliphatic rings. The molecule has 0 saturated carbocycles. The van der Waals surface area contributed by atoms with E-state index in [1.165, 1.54) is 55.5 Å². The predicted molar refractivity (Wildman–Crippen MR) is 170 cm³/mol. The zero-order valence-electron chi connectivity index (χ0n) is 22.1. The lowest BCUT2D eigenvalue weighted by atomic mass is 9.77. The van der Waals surface area contributed by atoms with Crippen molar-refractivity contribution in [1.82, 2.24) is 4.98 Å².